The molecular weight excluding hydrogens is 1460 g/mol. The third-order valence-electron chi connectivity index (χ3n) is 18.1. The molecule has 0 aromatic rings. The van der Waals surface area contributed by atoms with Gasteiger partial charge in [0, 0.05) is 19.3 Å². The molecule has 0 aliphatic rings. The highest BCUT2D eigenvalue weighted by atomic mass is 31.2. The number of hydrogen-bond donors (Lipinski definition) is 4. The van der Waals surface area contributed by atoms with E-state index in [0.29, 0.717) is 19.3 Å². The molecule has 0 heterocycles. The molecule has 113 heavy (non-hydrogen) atoms. The lowest BCUT2D eigenvalue weighted by atomic mass is 10.0. The Morgan fingerprint density at radius 1 is 0.248 bits per heavy atom. The van der Waals surface area contributed by atoms with Gasteiger partial charge in [0.1, 0.15) is 25.4 Å². The first-order valence-corrected chi connectivity index (χ1v) is 47.1. The number of allylic oxidation sites excluding steroid dienone is 30. The van der Waals surface area contributed by atoms with Gasteiger partial charge in [0.05, 0.1) is 26.4 Å². The molecule has 0 amide bonds. The number of rotatable bonds is 82. The van der Waals surface area contributed by atoms with Crippen LogP contribution >= 0.6 is 15.6 Å². The van der Waals surface area contributed by atoms with E-state index in [4.69, 9.17) is 32.3 Å². The molecule has 16 nitrogen and oxygen atoms in total. The number of esters is 3. The van der Waals surface area contributed by atoms with E-state index >= 15 is 0 Å². The SMILES string of the molecule is CC/C=C\C/C=C\C/C=C\C/C=C\C/C=C\C/C=C\CCCCCCCCCCCCCCC(=O)OCC(O)COP(=O)(O)OCC(O)COP(=O)(O)OCC(COC(=O)CCCCCCCCCCCC/C=C\C/C=C\C/C=C\C/C=C\C/C=C\C/C=C\CC)OC(=O)CCCCCCCCC/C=C\C/C=C\C/C=C\CC. The maximum absolute atomic E-state index is 13.0. The fraction of sp³-hybridized carbons (Fsp3) is 0.653. The van der Waals surface area contributed by atoms with E-state index in [-0.39, 0.29) is 19.3 Å². The Morgan fingerprint density at radius 2 is 0.442 bits per heavy atom. The van der Waals surface area contributed by atoms with Crippen LogP contribution in [0.1, 0.15) is 342 Å². The van der Waals surface area contributed by atoms with Crippen molar-refractivity contribution in [1.82, 2.24) is 0 Å². The van der Waals surface area contributed by atoms with Crippen LogP contribution in [0.25, 0.3) is 0 Å². The summed E-state index contributed by atoms with van der Waals surface area (Å²) in [4.78, 5) is 58.9. The zero-order valence-electron chi connectivity index (χ0n) is 70.7. The number of phosphoric acid groups is 2. The maximum atomic E-state index is 13.0. The van der Waals surface area contributed by atoms with Crippen molar-refractivity contribution >= 4 is 33.6 Å². The van der Waals surface area contributed by atoms with Crippen LogP contribution in [0.2, 0.25) is 0 Å². The van der Waals surface area contributed by atoms with Crippen LogP contribution in [0.3, 0.4) is 0 Å². The van der Waals surface area contributed by atoms with Crippen LogP contribution in [0.4, 0.5) is 0 Å². The molecule has 0 radical (unpaired) electrons. The Balaban J connectivity index is 4.56. The van der Waals surface area contributed by atoms with Gasteiger partial charge in [-0.1, -0.05) is 351 Å². The van der Waals surface area contributed by atoms with Gasteiger partial charge in [-0.3, -0.25) is 32.5 Å². The summed E-state index contributed by atoms with van der Waals surface area (Å²) in [5.41, 5.74) is 0. The molecule has 0 rings (SSSR count). The molecule has 5 unspecified atom stereocenters. The van der Waals surface area contributed by atoms with E-state index in [1.165, 1.54) is 83.5 Å². The Hall–Kier alpha value is -5.35. The predicted octanol–water partition coefficient (Wildman–Crippen LogP) is 26.9. The summed E-state index contributed by atoms with van der Waals surface area (Å²) in [6.45, 7) is 2.34. The first-order chi connectivity index (χ1) is 55.2. The highest BCUT2D eigenvalue weighted by Crippen LogP contribution is 2.45. The second-order valence-corrected chi connectivity index (χ2v) is 31.8. The van der Waals surface area contributed by atoms with Gasteiger partial charge in [0.25, 0.3) is 0 Å². The van der Waals surface area contributed by atoms with E-state index in [2.05, 4.69) is 203 Å². The van der Waals surface area contributed by atoms with Gasteiger partial charge >= 0.3 is 33.6 Å². The summed E-state index contributed by atoms with van der Waals surface area (Å²) < 4.78 is 61.4. The third-order valence-corrected chi connectivity index (χ3v) is 20.0. The van der Waals surface area contributed by atoms with E-state index in [1.54, 1.807) is 0 Å². The summed E-state index contributed by atoms with van der Waals surface area (Å²) in [5.74, 6) is -1.59. The topological polar surface area (TPSA) is 231 Å². The van der Waals surface area contributed by atoms with Crippen LogP contribution in [-0.2, 0) is 55.8 Å². The summed E-state index contributed by atoms with van der Waals surface area (Å²) >= 11 is 0. The molecule has 4 N–H and O–H groups in total. The maximum Gasteiger partial charge on any atom is 0.472 e. The van der Waals surface area contributed by atoms with Crippen LogP contribution in [0, 0.1) is 0 Å². The molecule has 0 saturated heterocycles. The number of carbonyl (C=O) groups is 3. The van der Waals surface area contributed by atoms with Crippen molar-refractivity contribution in [1.29, 1.82) is 0 Å². The molecule has 0 fully saturated rings. The molecular formula is C95H158O16P2. The van der Waals surface area contributed by atoms with Crippen LogP contribution < -0.4 is 0 Å². The molecule has 0 aliphatic carbocycles. The van der Waals surface area contributed by atoms with Gasteiger partial charge in [-0.25, -0.2) is 9.13 Å². The molecule has 0 aromatic carbocycles. The Morgan fingerprint density at radius 3 is 0.699 bits per heavy atom. The third kappa shape index (κ3) is 87.3. The molecule has 0 aromatic heterocycles. The smallest absolute Gasteiger partial charge is 0.463 e. The lowest BCUT2D eigenvalue weighted by Gasteiger charge is -2.21. The summed E-state index contributed by atoms with van der Waals surface area (Å²) in [6, 6.07) is 0. The lowest BCUT2D eigenvalue weighted by Crippen LogP contribution is -2.30. The zero-order chi connectivity index (χ0) is 82.2. The Labute approximate surface area is 687 Å². The van der Waals surface area contributed by atoms with E-state index in [1.807, 2.05) is 0 Å². The molecule has 0 bridgehead atoms. The minimum atomic E-state index is -4.95. The van der Waals surface area contributed by atoms with Crippen molar-refractivity contribution in [3.05, 3.63) is 182 Å². The average Bonchev–Trinajstić information content (AvgIpc) is 0.901. The van der Waals surface area contributed by atoms with Crippen LogP contribution in [-0.4, -0.2) is 95.9 Å². The predicted molar refractivity (Wildman–Crippen MR) is 472 cm³/mol. The van der Waals surface area contributed by atoms with E-state index in [9.17, 15) is 43.5 Å². The number of aliphatic hydroxyl groups is 2. The number of phosphoric ester groups is 2. The van der Waals surface area contributed by atoms with Crippen molar-refractivity contribution in [3.8, 4) is 0 Å². The van der Waals surface area contributed by atoms with Gasteiger partial charge in [0.15, 0.2) is 6.10 Å². The Kier molecular flexibility index (Phi) is 81.9. The van der Waals surface area contributed by atoms with Crippen molar-refractivity contribution in [2.45, 2.75) is 360 Å². The standard InChI is InChI=1S/C95H158O16P2/c1-4-7-10-13-16-19-22-25-28-31-33-35-37-39-41-43-44-46-48-49-51-53-55-58-60-63-66-69-72-75-78-81-93(98)105-84-90(96)85-107-112(101,102)108-86-91(97)87-109-113(103,104)110-89-92(111-95(100)83-80-77-74-71-68-65-62-57-30-27-24-21-18-15-12-9-6-3)88-106-94(99)82-79-76-73-70-67-64-61-59-56-54-52-50-47-45-42-40-38-36-34-32-29-26-23-20-17-14-11-8-5-2/h7-12,16-21,25-30,33-36,39-42,44,46-47,50,90-92,96-97H,4-6,13-15,22-24,31-32,37-38,43,45,48-49,51-89H2,1-3H3,(H,101,102)(H,103,104)/b10-7-,11-8-,12-9-,19-16-,20-17-,21-18-,28-25-,29-26-,30-27-,35-33-,36-34-,41-39-,42-40-,46-44-,50-47-. The number of unbranched alkanes of at least 4 members (excludes halogenated alkanes) is 29. The zero-order valence-corrected chi connectivity index (χ0v) is 72.5. The first-order valence-electron chi connectivity index (χ1n) is 44.1. The lowest BCUT2D eigenvalue weighted by molar-refractivity contribution is -0.161. The van der Waals surface area contributed by atoms with Gasteiger partial charge in [0.2, 0.25) is 0 Å². The van der Waals surface area contributed by atoms with Gasteiger partial charge < -0.3 is 34.2 Å². The number of ether oxygens (including phenoxy) is 3. The number of hydrogen-bond acceptors (Lipinski definition) is 14. The van der Waals surface area contributed by atoms with Gasteiger partial charge in [-0.05, 0) is 154 Å². The van der Waals surface area contributed by atoms with E-state index in [0.717, 1.165) is 199 Å². The van der Waals surface area contributed by atoms with Crippen LogP contribution in [0.5, 0.6) is 0 Å². The highest BCUT2D eigenvalue weighted by Gasteiger charge is 2.29. The van der Waals surface area contributed by atoms with Crippen molar-refractivity contribution in [2.75, 3.05) is 39.6 Å². The molecule has 18 heteroatoms. The van der Waals surface area contributed by atoms with E-state index < -0.39 is 91.5 Å². The van der Waals surface area contributed by atoms with Crippen molar-refractivity contribution in [3.63, 3.8) is 0 Å². The largest absolute Gasteiger partial charge is 0.472 e. The average molecular weight is 1620 g/mol. The van der Waals surface area contributed by atoms with Crippen LogP contribution in [0.15, 0.2) is 182 Å². The second-order valence-electron chi connectivity index (χ2n) is 28.9. The molecule has 644 valence electrons. The molecule has 5 atom stereocenters. The minimum Gasteiger partial charge on any atom is -0.463 e. The molecule has 0 spiro atoms. The first kappa shape index (κ1) is 108. The fourth-order valence-corrected chi connectivity index (χ4v) is 13.1. The van der Waals surface area contributed by atoms with Crippen molar-refractivity contribution < 1.29 is 75.8 Å². The normalized spacial score (nSPS) is 14.7. The van der Waals surface area contributed by atoms with Gasteiger partial charge in [-0.15, -0.1) is 0 Å². The second kappa shape index (κ2) is 86.0. The summed E-state index contributed by atoms with van der Waals surface area (Å²) in [7, 11) is -9.81. The molecule has 0 saturated carbocycles. The number of carbonyl (C=O) groups excluding carboxylic acids is 3. The minimum absolute atomic E-state index is 0.0875. The monoisotopic (exact) mass is 1620 g/mol. The number of aliphatic hydroxyl groups excluding tert-OH is 2. The Bertz CT molecular complexity index is 2780. The van der Waals surface area contributed by atoms with Gasteiger partial charge in [-0.2, -0.15) is 0 Å². The highest BCUT2D eigenvalue weighted by molar-refractivity contribution is 7.47. The molecule has 0 aliphatic heterocycles. The fourth-order valence-electron chi connectivity index (χ4n) is 11.5. The summed E-state index contributed by atoms with van der Waals surface area (Å²) in [5, 5.41) is 20.7. The summed E-state index contributed by atoms with van der Waals surface area (Å²) in [6.07, 6.45) is 112. The van der Waals surface area contributed by atoms with Crippen molar-refractivity contribution in [2.24, 2.45) is 0 Å². The quantitative estimate of drug-likeness (QED) is 0.0146.